The summed E-state index contributed by atoms with van der Waals surface area (Å²) in [5, 5.41) is 7.00. The summed E-state index contributed by atoms with van der Waals surface area (Å²) < 4.78 is 1.78. The number of benzene rings is 1. The maximum Gasteiger partial charge on any atom is 0.167 e. The van der Waals surface area contributed by atoms with Gasteiger partial charge in [0.05, 0.1) is 17.3 Å². The Morgan fingerprint density at radius 1 is 1.32 bits per heavy atom. The van der Waals surface area contributed by atoms with Crippen molar-refractivity contribution in [1.29, 1.82) is 0 Å². The lowest BCUT2D eigenvalue weighted by molar-refractivity contribution is 0.893. The Balaban J connectivity index is 2.18. The number of fused-ring (bicyclic) bond motifs is 1. The minimum Gasteiger partial charge on any atom is -0.229 e. The van der Waals surface area contributed by atoms with Crippen molar-refractivity contribution in [3.05, 3.63) is 41.8 Å². The third-order valence-electron chi connectivity index (χ3n) is 2.66. The molecule has 1 aromatic carbocycles. The highest BCUT2D eigenvalue weighted by molar-refractivity contribution is 7.99. The van der Waals surface area contributed by atoms with E-state index in [0.29, 0.717) is 5.02 Å². The van der Waals surface area contributed by atoms with Crippen LogP contribution in [0.15, 0.2) is 41.8 Å². The second-order valence-electron chi connectivity index (χ2n) is 3.89. The van der Waals surface area contributed by atoms with Gasteiger partial charge >= 0.3 is 0 Å². The Morgan fingerprint density at radius 2 is 2.21 bits per heavy atom. The zero-order chi connectivity index (χ0) is 13.2. The van der Waals surface area contributed by atoms with Crippen molar-refractivity contribution >= 4 is 34.4 Å². The fourth-order valence-corrected chi connectivity index (χ4v) is 2.75. The van der Waals surface area contributed by atoms with E-state index >= 15 is 0 Å². The van der Waals surface area contributed by atoms with Gasteiger partial charge in [0, 0.05) is 5.02 Å². The Kier molecular flexibility index (Phi) is 3.40. The maximum absolute atomic E-state index is 6.02. The van der Waals surface area contributed by atoms with Crippen LogP contribution in [0.3, 0.4) is 0 Å². The number of aromatic nitrogens is 4. The molecular formula is C13H11ClN4S. The van der Waals surface area contributed by atoms with Crippen LogP contribution in [0.5, 0.6) is 0 Å². The van der Waals surface area contributed by atoms with Gasteiger partial charge in [-0.05, 0) is 24.0 Å². The third-order valence-corrected chi connectivity index (χ3v) is 3.79. The van der Waals surface area contributed by atoms with Crippen LogP contribution < -0.4 is 0 Å². The third kappa shape index (κ3) is 2.31. The van der Waals surface area contributed by atoms with Crippen LogP contribution in [-0.4, -0.2) is 25.5 Å². The van der Waals surface area contributed by atoms with Crippen molar-refractivity contribution in [3.63, 3.8) is 0 Å². The first kappa shape index (κ1) is 12.4. The van der Waals surface area contributed by atoms with Crippen molar-refractivity contribution in [2.75, 3.05) is 5.75 Å². The van der Waals surface area contributed by atoms with E-state index in [1.807, 2.05) is 24.3 Å². The SMILES string of the molecule is CCSc1ncnc2c1cnn2-c1cccc(Cl)c1. The van der Waals surface area contributed by atoms with Crippen molar-refractivity contribution in [3.8, 4) is 5.69 Å². The zero-order valence-corrected chi connectivity index (χ0v) is 11.8. The van der Waals surface area contributed by atoms with Gasteiger partial charge in [0.2, 0.25) is 0 Å². The van der Waals surface area contributed by atoms with Crippen LogP contribution in [0, 0.1) is 0 Å². The summed E-state index contributed by atoms with van der Waals surface area (Å²) in [6.07, 6.45) is 3.37. The lowest BCUT2D eigenvalue weighted by Crippen LogP contribution is -1.97. The molecule has 96 valence electrons. The minimum absolute atomic E-state index is 0.679. The van der Waals surface area contributed by atoms with Gasteiger partial charge in [-0.25, -0.2) is 14.6 Å². The molecule has 0 saturated carbocycles. The van der Waals surface area contributed by atoms with Gasteiger partial charge in [-0.15, -0.1) is 11.8 Å². The van der Waals surface area contributed by atoms with E-state index in [4.69, 9.17) is 11.6 Å². The monoisotopic (exact) mass is 290 g/mol. The van der Waals surface area contributed by atoms with Gasteiger partial charge in [-0.1, -0.05) is 24.6 Å². The minimum atomic E-state index is 0.679. The van der Waals surface area contributed by atoms with Gasteiger partial charge < -0.3 is 0 Å². The van der Waals surface area contributed by atoms with Crippen molar-refractivity contribution in [2.24, 2.45) is 0 Å². The van der Waals surface area contributed by atoms with Crippen LogP contribution in [0.4, 0.5) is 0 Å². The second-order valence-corrected chi connectivity index (χ2v) is 5.57. The van der Waals surface area contributed by atoms with Crippen LogP contribution in [-0.2, 0) is 0 Å². The van der Waals surface area contributed by atoms with E-state index in [1.165, 1.54) is 0 Å². The molecule has 4 nitrogen and oxygen atoms in total. The highest BCUT2D eigenvalue weighted by Crippen LogP contribution is 2.25. The zero-order valence-electron chi connectivity index (χ0n) is 10.2. The van der Waals surface area contributed by atoms with Crippen LogP contribution in [0.1, 0.15) is 6.92 Å². The van der Waals surface area contributed by atoms with Gasteiger partial charge in [0.25, 0.3) is 0 Å². The molecule has 2 aromatic heterocycles. The van der Waals surface area contributed by atoms with E-state index in [1.54, 1.807) is 29.0 Å². The number of nitrogens with zero attached hydrogens (tertiary/aromatic N) is 4. The second kappa shape index (κ2) is 5.19. The first-order valence-electron chi connectivity index (χ1n) is 5.87. The molecule has 0 aliphatic heterocycles. The lowest BCUT2D eigenvalue weighted by Gasteiger charge is -2.03. The van der Waals surface area contributed by atoms with E-state index in [0.717, 1.165) is 27.5 Å². The van der Waals surface area contributed by atoms with Gasteiger partial charge in [-0.2, -0.15) is 5.10 Å². The van der Waals surface area contributed by atoms with Gasteiger partial charge in [0.15, 0.2) is 5.65 Å². The molecule has 2 heterocycles. The molecule has 0 radical (unpaired) electrons. The molecule has 0 aliphatic carbocycles. The number of halogens is 1. The van der Waals surface area contributed by atoms with E-state index < -0.39 is 0 Å². The summed E-state index contributed by atoms with van der Waals surface area (Å²) in [6, 6.07) is 7.55. The molecule has 0 spiro atoms. The highest BCUT2D eigenvalue weighted by atomic mass is 35.5. The molecule has 3 rings (SSSR count). The summed E-state index contributed by atoms with van der Waals surface area (Å²) in [6.45, 7) is 2.10. The molecular weight excluding hydrogens is 280 g/mol. The predicted molar refractivity (Wildman–Crippen MR) is 78.1 cm³/mol. The Morgan fingerprint density at radius 3 is 3.00 bits per heavy atom. The quantitative estimate of drug-likeness (QED) is 0.546. The van der Waals surface area contributed by atoms with Crippen molar-refractivity contribution in [2.45, 2.75) is 11.9 Å². The molecule has 19 heavy (non-hydrogen) atoms. The molecule has 6 heteroatoms. The van der Waals surface area contributed by atoms with Gasteiger partial charge in [-0.3, -0.25) is 0 Å². The van der Waals surface area contributed by atoms with Gasteiger partial charge in [0.1, 0.15) is 11.4 Å². The van der Waals surface area contributed by atoms with E-state index in [9.17, 15) is 0 Å². The largest absolute Gasteiger partial charge is 0.229 e. The predicted octanol–water partition coefficient (Wildman–Crippen LogP) is 3.58. The van der Waals surface area contributed by atoms with E-state index in [2.05, 4.69) is 22.0 Å². The summed E-state index contributed by atoms with van der Waals surface area (Å²) in [7, 11) is 0. The number of thioether (sulfide) groups is 1. The molecule has 0 saturated heterocycles. The fourth-order valence-electron chi connectivity index (χ4n) is 1.87. The fraction of sp³-hybridized carbons (Fsp3) is 0.154. The highest BCUT2D eigenvalue weighted by Gasteiger charge is 2.10. The standard InChI is InChI=1S/C13H11ClN4S/c1-2-19-13-11-7-17-18(12(11)15-8-16-13)10-5-3-4-9(14)6-10/h3-8H,2H2,1H3. The van der Waals surface area contributed by atoms with Crippen molar-refractivity contribution < 1.29 is 0 Å². The molecule has 0 aliphatic rings. The Hall–Kier alpha value is -1.59. The van der Waals surface area contributed by atoms with Crippen LogP contribution in [0.25, 0.3) is 16.7 Å². The summed E-state index contributed by atoms with van der Waals surface area (Å²) in [4.78, 5) is 8.62. The number of rotatable bonds is 3. The Labute approximate surface area is 119 Å². The van der Waals surface area contributed by atoms with Crippen LogP contribution >= 0.6 is 23.4 Å². The summed E-state index contributed by atoms with van der Waals surface area (Å²) in [5.74, 6) is 0.967. The van der Waals surface area contributed by atoms with Crippen LogP contribution in [0.2, 0.25) is 5.02 Å². The van der Waals surface area contributed by atoms with Crippen molar-refractivity contribution in [1.82, 2.24) is 19.7 Å². The normalized spacial score (nSPS) is 11.1. The summed E-state index contributed by atoms with van der Waals surface area (Å²) in [5.41, 5.74) is 1.70. The number of hydrogen-bond donors (Lipinski definition) is 0. The maximum atomic E-state index is 6.02. The average molecular weight is 291 g/mol. The smallest absolute Gasteiger partial charge is 0.167 e. The first-order valence-corrected chi connectivity index (χ1v) is 7.23. The summed E-state index contributed by atoms with van der Waals surface area (Å²) >= 11 is 7.70. The molecule has 0 bridgehead atoms. The average Bonchev–Trinajstić information content (AvgIpc) is 2.84. The first-order chi connectivity index (χ1) is 9.29. The topological polar surface area (TPSA) is 43.6 Å². The Bertz CT molecular complexity index is 725. The molecule has 0 fully saturated rings. The molecule has 0 N–H and O–H groups in total. The number of hydrogen-bond acceptors (Lipinski definition) is 4. The molecule has 0 atom stereocenters. The van der Waals surface area contributed by atoms with E-state index in [-0.39, 0.29) is 0 Å². The lowest BCUT2D eigenvalue weighted by atomic mass is 10.3. The molecule has 0 unspecified atom stereocenters. The molecule has 3 aromatic rings. The molecule has 0 amide bonds.